The van der Waals surface area contributed by atoms with Crippen LogP contribution in [0.25, 0.3) is 0 Å². The molecule has 0 aromatic carbocycles. The number of hydrogen-bond donors (Lipinski definition) is 1. The summed E-state index contributed by atoms with van der Waals surface area (Å²) in [4.78, 5) is 24.9. The summed E-state index contributed by atoms with van der Waals surface area (Å²) in [5.41, 5.74) is 4.15. The lowest BCUT2D eigenvalue weighted by molar-refractivity contribution is -0.140. The van der Waals surface area contributed by atoms with Gasteiger partial charge in [-0.15, -0.1) is 0 Å². The van der Waals surface area contributed by atoms with Crippen LogP contribution < -0.4 is 0 Å². The number of aromatic nitrogens is 1. The number of aldehydes is 1. The summed E-state index contributed by atoms with van der Waals surface area (Å²) in [5.74, 6) is -0.276. The molecule has 0 aliphatic heterocycles. The summed E-state index contributed by atoms with van der Waals surface area (Å²) in [6, 6.07) is 0. The molecule has 0 atom stereocenters. The lowest BCUT2D eigenvalue weighted by Crippen LogP contribution is -2.07. The molecule has 0 fully saturated rings. The van der Waals surface area contributed by atoms with E-state index >= 15 is 0 Å². The summed E-state index contributed by atoms with van der Waals surface area (Å²) >= 11 is 0. The van der Waals surface area contributed by atoms with Crippen LogP contribution in [0, 0.1) is 0 Å². The van der Waals surface area contributed by atoms with Crippen LogP contribution >= 0.6 is 0 Å². The summed E-state index contributed by atoms with van der Waals surface area (Å²) in [5, 5.41) is 0. The van der Waals surface area contributed by atoms with Gasteiger partial charge in [0.15, 0.2) is 6.29 Å². The summed E-state index contributed by atoms with van der Waals surface area (Å²) in [6.07, 6.45) is 5.87. The monoisotopic (exact) mass is 235 g/mol. The maximum absolute atomic E-state index is 11.0. The molecule has 1 aliphatic carbocycles. The number of carbonyl (C=O) groups excluding carboxylic acids is 2. The van der Waals surface area contributed by atoms with Crippen LogP contribution in [-0.4, -0.2) is 23.8 Å². The average molecular weight is 235 g/mol. The Morgan fingerprint density at radius 3 is 2.88 bits per heavy atom. The smallest absolute Gasteiger partial charge is 0.302 e. The van der Waals surface area contributed by atoms with E-state index in [1.165, 1.54) is 31.0 Å². The van der Waals surface area contributed by atoms with Crippen LogP contribution in [0.4, 0.5) is 0 Å². The van der Waals surface area contributed by atoms with Crippen LogP contribution in [-0.2, 0) is 28.8 Å². The van der Waals surface area contributed by atoms with Gasteiger partial charge in [0.1, 0.15) is 0 Å². The molecule has 0 unspecified atom stereocenters. The molecular weight excluding hydrogens is 218 g/mol. The number of esters is 1. The van der Waals surface area contributed by atoms with Crippen LogP contribution in [0.2, 0.25) is 0 Å². The van der Waals surface area contributed by atoms with E-state index < -0.39 is 0 Å². The highest BCUT2D eigenvalue weighted by Gasteiger charge is 2.19. The zero-order valence-electron chi connectivity index (χ0n) is 10.0. The van der Waals surface area contributed by atoms with Crippen molar-refractivity contribution >= 4 is 12.3 Å². The Hall–Kier alpha value is -1.58. The summed E-state index contributed by atoms with van der Waals surface area (Å²) in [6.45, 7) is 1.74. The van der Waals surface area contributed by atoms with Crippen molar-refractivity contribution in [3.05, 3.63) is 22.5 Å². The third kappa shape index (κ3) is 2.57. The van der Waals surface area contributed by atoms with Crippen molar-refractivity contribution < 1.29 is 14.3 Å². The minimum absolute atomic E-state index is 0.276. The van der Waals surface area contributed by atoms with Gasteiger partial charge in [0.05, 0.1) is 12.3 Å². The molecule has 1 N–H and O–H groups in total. The fourth-order valence-corrected chi connectivity index (χ4v) is 2.46. The van der Waals surface area contributed by atoms with E-state index in [1.807, 2.05) is 0 Å². The topological polar surface area (TPSA) is 59.2 Å². The lowest BCUT2D eigenvalue weighted by atomic mass is 9.93. The first-order valence-electron chi connectivity index (χ1n) is 6.03. The minimum atomic E-state index is -0.276. The van der Waals surface area contributed by atoms with Crippen molar-refractivity contribution in [1.82, 2.24) is 4.98 Å². The molecule has 0 amide bonds. The van der Waals surface area contributed by atoms with Gasteiger partial charge in [0.2, 0.25) is 0 Å². The van der Waals surface area contributed by atoms with Gasteiger partial charge in [0, 0.05) is 19.0 Å². The zero-order chi connectivity index (χ0) is 12.3. The van der Waals surface area contributed by atoms with Gasteiger partial charge < -0.3 is 9.72 Å². The summed E-state index contributed by atoms with van der Waals surface area (Å²) in [7, 11) is 0. The van der Waals surface area contributed by atoms with Gasteiger partial charge in [-0.25, -0.2) is 0 Å². The Morgan fingerprint density at radius 1 is 1.41 bits per heavy atom. The molecule has 2 rings (SSSR count). The molecule has 4 nitrogen and oxygen atoms in total. The number of rotatable bonds is 4. The van der Waals surface area contributed by atoms with E-state index in [0.717, 1.165) is 24.7 Å². The number of ether oxygens (including phenoxy) is 1. The SMILES string of the molecule is CC(=O)OCCc1c(C=O)[nH]c2c1CCCC2. The molecule has 1 aliphatic rings. The van der Waals surface area contributed by atoms with Crippen molar-refractivity contribution in [3.63, 3.8) is 0 Å². The van der Waals surface area contributed by atoms with Crippen LogP contribution in [0.15, 0.2) is 0 Å². The minimum Gasteiger partial charge on any atom is -0.466 e. The molecule has 92 valence electrons. The van der Waals surface area contributed by atoms with Gasteiger partial charge in [-0.2, -0.15) is 0 Å². The Bertz CT molecular complexity index is 434. The number of carbonyl (C=O) groups is 2. The fraction of sp³-hybridized carbons (Fsp3) is 0.538. The molecular formula is C13H17NO3. The number of aryl methyl sites for hydroxylation is 1. The predicted octanol–water partition coefficient (Wildman–Crippen LogP) is 1.81. The van der Waals surface area contributed by atoms with E-state index in [-0.39, 0.29) is 5.97 Å². The second-order valence-electron chi connectivity index (χ2n) is 4.39. The fourth-order valence-electron chi connectivity index (χ4n) is 2.46. The quantitative estimate of drug-likeness (QED) is 0.639. The van der Waals surface area contributed by atoms with E-state index in [1.54, 1.807) is 0 Å². The predicted molar refractivity (Wildman–Crippen MR) is 63.2 cm³/mol. The van der Waals surface area contributed by atoms with E-state index in [9.17, 15) is 9.59 Å². The van der Waals surface area contributed by atoms with Gasteiger partial charge in [-0.3, -0.25) is 9.59 Å². The normalized spacial score (nSPS) is 14.2. The highest BCUT2D eigenvalue weighted by Crippen LogP contribution is 2.26. The lowest BCUT2D eigenvalue weighted by Gasteiger charge is -2.12. The van der Waals surface area contributed by atoms with Crippen molar-refractivity contribution in [2.75, 3.05) is 6.61 Å². The van der Waals surface area contributed by atoms with Crippen LogP contribution in [0.3, 0.4) is 0 Å². The van der Waals surface area contributed by atoms with Crippen molar-refractivity contribution in [2.24, 2.45) is 0 Å². The molecule has 0 radical (unpaired) electrons. The molecule has 0 bridgehead atoms. The molecule has 0 saturated carbocycles. The van der Waals surface area contributed by atoms with E-state index in [0.29, 0.717) is 18.7 Å². The molecule has 1 aromatic rings. The summed E-state index contributed by atoms with van der Waals surface area (Å²) < 4.78 is 4.94. The van der Waals surface area contributed by atoms with Gasteiger partial charge in [0.25, 0.3) is 0 Å². The maximum atomic E-state index is 11.0. The molecule has 0 saturated heterocycles. The molecule has 0 spiro atoms. The van der Waals surface area contributed by atoms with E-state index in [4.69, 9.17) is 4.74 Å². The third-order valence-corrected chi connectivity index (χ3v) is 3.22. The van der Waals surface area contributed by atoms with Crippen molar-refractivity contribution in [2.45, 2.75) is 39.0 Å². The zero-order valence-corrected chi connectivity index (χ0v) is 10.0. The Balaban J connectivity index is 2.15. The third-order valence-electron chi connectivity index (χ3n) is 3.22. The standard InChI is InChI=1S/C13H17NO3/c1-9(16)17-7-6-11-10-4-2-3-5-12(10)14-13(11)8-15/h8,14H,2-7H2,1H3. The molecule has 4 heteroatoms. The largest absolute Gasteiger partial charge is 0.466 e. The number of aromatic amines is 1. The first-order chi connectivity index (χ1) is 8.22. The van der Waals surface area contributed by atoms with Gasteiger partial charge in [-0.05, 0) is 36.8 Å². The van der Waals surface area contributed by atoms with Gasteiger partial charge >= 0.3 is 5.97 Å². The second kappa shape index (κ2) is 5.17. The molecule has 17 heavy (non-hydrogen) atoms. The van der Waals surface area contributed by atoms with Crippen molar-refractivity contribution in [3.8, 4) is 0 Å². The first-order valence-corrected chi connectivity index (χ1v) is 6.03. The van der Waals surface area contributed by atoms with Crippen LogP contribution in [0.5, 0.6) is 0 Å². The Kier molecular flexibility index (Phi) is 3.61. The molecule has 1 aromatic heterocycles. The number of nitrogens with one attached hydrogen (secondary N) is 1. The Labute approximate surface area is 100 Å². The number of fused-ring (bicyclic) bond motifs is 1. The Morgan fingerprint density at radius 2 is 2.18 bits per heavy atom. The van der Waals surface area contributed by atoms with Gasteiger partial charge in [-0.1, -0.05) is 0 Å². The number of H-pyrrole nitrogens is 1. The highest BCUT2D eigenvalue weighted by atomic mass is 16.5. The van der Waals surface area contributed by atoms with E-state index in [2.05, 4.69) is 4.98 Å². The maximum Gasteiger partial charge on any atom is 0.302 e. The van der Waals surface area contributed by atoms with Crippen LogP contribution in [0.1, 0.15) is 47.1 Å². The second-order valence-corrected chi connectivity index (χ2v) is 4.39. The first kappa shape index (κ1) is 11.9. The van der Waals surface area contributed by atoms with Crippen molar-refractivity contribution in [1.29, 1.82) is 0 Å². The molecule has 1 heterocycles. The average Bonchev–Trinajstić information content (AvgIpc) is 2.67. The highest BCUT2D eigenvalue weighted by molar-refractivity contribution is 5.76. The number of hydrogen-bond acceptors (Lipinski definition) is 3.